The number of benzene rings is 2. The minimum absolute atomic E-state index is 0.0181. The number of ether oxygens (including phenoxy) is 1. The number of carbonyl (C=O) groups excluding carboxylic acids is 2. The van der Waals surface area contributed by atoms with Crippen LogP contribution in [0, 0.1) is 6.92 Å². The van der Waals surface area contributed by atoms with Crippen molar-refractivity contribution < 1.29 is 27.5 Å². The largest absolute Gasteiger partial charge is 0.443 e. The Morgan fingerprint density at radius 1 is 1.10 bits per heavy atom. The van der Waals surface area contributed by atoms with Crippen LogP contribution in [0.1, 0.15) is 49.4 Å². The van der Waals surface area contributed by atoms with Crippen molar-refractivity contribution in [3.8, 4) is 0 Å². The number of hydrogen-bond acceptors (Lipinski definition) is 3. The number of amides is 2. The van der Waals surface area contributed by atoms with E-state index in [1.54, 1.807) is 52.0 Å². The molecule has 3 rings (SSSR count). The number of nitrogens with zero attached hydrogens (tertiary/aromatic N) is 1. The van der Waals surface area contributed by atoms with Gasteiger partial charge in [0.15, 0.2) is 0 Å². The van der Waals surface area contributed by atoms with Gasteiger partial charge in [0, 0.05) is 0 Å². The molecule has 0 N–H and O–H groups in total. The predicted molar refractivity (Wildman–Crippen MR) is 112 cm³/mol. The molecule has 0 aromatic heterocycles. The summed E-state index contributed by atoms with van der Waals surface area (Å²) in [5.41, 5.74) is -2.74. The van der Waals surface area contributed by atoms with Crippen molar-refractivity contribution in [2.45, 2.75) is 51.3 Å². The third-order valence-corrected chi connectivity index (χ3v) is 5.22. The minimum Gasteiger partial charge on any atom is -0.443 e. The maximum absolute atomic E-state index is 14.0. The number of carbonyl (C=O) groups is 2. The number of allylic oxidation sites excluding steroid dienone is 1. The Balaban J connectivity index is 2.40. The Bertz CT molecular complexity index is 1050. The second kappa shape index (κ2) is 7.55. The summed E-state index contributed by atoms with van der Waals surface area (Å²) >= 11 is 0. The van der Waals surface area contributed by atoms with Crippen LogP contribution in [0.2, 0.25) is 0 Å². The maximum Gasteiger partial charge on any atom is 0.421 e. The number of alkyl halides is 3. The second-order valence-corrected chi connectivity index (χ2v) is 8.53. The van der Waals surface area contributed by atoms with Crippen LogP contribution in [0.5, 0.6) is 0 Å². The van der Waals surface area contributed by atoms with Crippen molar-refractivity contribution in [3.63, 3.8) is 0 Å². The molecule has 7 heteroatoms. The molecule has 2 aromatic rings. The third kappa shape index (κ3) is 3.73. The average Bonchev–Trinajstić information content (AvgIpc) is 2.89. The van der Waals surface area contributed by atoms with Crippen LogP contribution in [0.3, 0.4) is 0 Å². The van der Waals surface area contributed by atoms with E-state index in [1.165, 1.54) is 18.2 Å². The first-order chi connectivity index (χ1) is 14.3. The number of imide groups is 1. The highest BCUT2D eigenvalue weighted by molar-refractivity contribution is 6.23. The quantitative estimate of drug-likeness (QED) is 0.547. The van der Waals surface area contributed by atoms with Gasteiger partial charge in [0.2, 0.25) is 0 Å². The second-order valence-electron chi connectivity index (χ2n) is 8.53. The number of halogens is 3. The van der Waals surface area contributed by atoms with Gasteiger partial charge in [-0.05, 0) is 56.9 Å². The molecule has 4 nitrogen and oxygen atoms in total. The van der Waals surface area contributed by atoms with Crippen molar-refractivity contribution in [1.29, 1.82) is 0 Å². The highest BCUT2D eigenvalue weighted by Crippen LogP contribution is 2.53. The van der Waals surface area contributed by atoms with Gasteiger partial charge in [0.1, 0.15) is 11.0 Å². The standard InChI is InChI=1S/C24H24F3NO3/c1-6-14-23(16-11-8-7-10-15(16)2)17-12-9-13-18(24(25,26)27)19(17)28(20(23)29)21(30)31-22(3,4)5/h6-13H,1,14H2,2-5H3/t23-/m1/s1. The molecule has 0 spiro atoms. The zero-order chi connectivity index (χ0) is 23.2. The van der Waals surface area contributed by atoms with E-state index in [1.807, 2.05) is 0 Å². The molecule has 0 saturated carbocycles. The molecule has 0 unspecified atom stereocenters. The molecule has 1 aliphatic rings. The van der Waals surface area contributed by atoms with Gasteiger partial charge in [0.05, 0.1) is 11.3 Å². The van der Waals surface area contributed by atoms with Crippen molar-refractivity contribution in [1.82, 2.24) is 0 Å². The lowest BCUT2D eigenvalue weighted by Crippen LogP contribution is -2.46. The van der Waals surface area contributed by atoms with E-state index in [4.69, 9.17) is 4.74 Å². The first-order valence-corrected chi connectivity index (χ1v) is 9.80. The van der Waals surface area contributed by atoms with Crippen LogP contribution in [0.4, 0.5) is 23.7 Å². The van der Waals surface area contributed by atoms with E-state index in [-0.39, 0.29) is 12.0 Å². The summed E-state index contributed by atoms with van der Waals surface area (Å²) in [6.07, 6.45) is -4.42. The van der Waals surface area contributed by atoms with Gasteiger partial charge in [-0.2, -0.15) is 13.2 Å². The van der Waals surface area contributed by atoms with Crippen LogP contribution < -0.4 is 4.90 Å². The Kier molecular flexibility index (Phi) is 5.50. The Morgan fingerprint density at radius 3 is 2.26 bits per heavy atom. The van der Waals surface area contributed by atoms with Gasteiger partial charge in [-0.1, -0.05) is 42.5 Å². The zero-order valence-corrected chi connectivity index (χ0v) is 17.8. The smallest absolute Gasteiger partial charge is 0.421 e. The molecule has 0 fully saturated rings. The summed E-state index contributed by atoms with van der Waals surface area (Å²) in [4.78, 5) is 27.4. The van der Waals surface area contributed by atoms with Crippen LogP contribution in [0.15, 0.2) is 55.1 Å². The summed E-state index contributed by atoms with van der Waals surface area (Å²) in [5.74, 6) is -0.789. The molecule has 1 atom stereocenters. The number of rotatable bonds is 3. The number of aryl methyl sites for hydroxylation is 1. The Hall–Kier alpha value is -3.09. The molecular formula is C24H24F3NO3. The van der Waals surface area contributed by atoms with E-state index < -0.39 is 40.4 Å². The molecule has 164 valence electrons. The van der Waals surface area contributed by atoms with E-state index in [2.05, 4.69) is 6.58 Å². The van der Waals surface area contributed by atoms with Crippen molar-refractivity contribution in [2.75, 3.05) is 4.90 Å². The Morgan fingerprint density at radius 2 is 1.71 bits per heavy atom. The summed E-state index contributed by atoms with van der Waals surface area (Å²) < 4.78 is 47.2. The molecule has 31 heavy (non-hydrogen) atoms. The number of anilines is 1. The van der Waals surface area contributed by atoms with Gasteiger partial charge in [-0.3, -0.25) is 4.79 Å². The highest BCUT2D eigenvalue weighted by Gasteiger charge is 2.57. The molecule has 2 amide bonds. The van der Waals surface area contributed by atoms with Gasteiger partial charge in [-0.15, -0.1) is 6.58 Å². The lowest BCUT2D eigenvalue weighted by molar-refractivity contribution is -0.137. The summed E-state index contributed by atoms with van der Waals surface area (Å²) in [5, 5.41) is 0. The van der Waals surface area contributed by atoms with Crippen molar-refractivity contribution >= 4 is 17.7 Å². The van der Waals surface area contributed by atoms with Gasteiger partial charge >= 0.3 is 12.3 Å². The fraction of sp³-hybridized carbons (Fsp3) is 0.333. The third-order valence-electron chi connectivity index (χ3n) is 5.22. The molecular weight excluding hydrogens is 407 g/mol. The summed E-state index contributed by atoms with van der Waals surface area (Å²) in [7, 11) is 0. The SMILES string of the molecule is C=CC[C@]1(c2ccccc2C)C(=O)N(C(=O)OC(C)(C)C)c2c(C(F)(F)F)cccc21. The fourth-order valence-corrected chi connectivity index (χ4v) is 4.08. The minimum atomic E-state index is -4.78. The average molecular weight is 431 g/mol. The van der Waals surface area contributed by atoms with E-state index in [9.17, 15) is 22.8 Å². The number of fused-ring (bicyclic) bond motifs is 1. The lowest BCUT2D eigenvalue weighted by atomic mass is 9.71. The van der Waals surface area contributed by atoms with E-state index in [0.29, 0.717) is 16.0 Å². The van der Waals surface area contributed by atoms with Crippen LogP contribution in [-0.4, -0.2) is 17.6 Å². The van der Waals surface area contributed by atoms with E-state index in [0.717, 1.165) is 6.07 Å². The number of hydrogen-bond donors (Lipinski definition) is 0. The molecule has 0 radical (unpaired) electrons. The van der Waals surface area contributed by atoms with E-state index >= 15 is 0 Å². The maximum atomic E-state index is 14.0. The summed E-state index contributed by atoms with van der Waals surface area (Å²) in [6, 6.07) is 10.5. The van der Waals surface area contributed by atoms with Crippen LogP contribution in [0.25, 0.3) is 0 Å². The molecule has 2 aromatic carbocycles. The lowest BCUT2D eigenvalue weighted by Gasteiger charge is -2.30. The first-order valence-electron chi connectivity index (χ1n) is 9.80. The normalized spacial score (nSPS) is 18.7. The predicted octanol–water partition coefficient (Wildman–Crippen LogP) is 6.16. The number of para-hydroxylation sites is 1. The molecule has 0 aliphatic carbocycles. The zero-order valence-electron chi connectivity index (χ0n) is 17.8. The Labute approximate surface area is 179 Å². The van der Waals surface area contributed by atoms with Gasteiger partial charge in [-0.25, -0.2) is 9.69 Å². The monoisotopic (exact) mass is 431 g/mol. The molecule has 0 bridgehead atoms. The van der Waals surface area contributed by atoms with Gasteiger partial charge < -0.3 is 4.74 Å². The molecule has 1 heterocycles. The first kappa shape index (κ1) is 22.6. The van der Waals surface area contributed by atoms with Crippen LogP contribution in [-0.2, 0) is 21.1 Å². The van der Waals surface area contributed by atoms with Crippen molar-refractivity contribution in [2.24, 2.45) is 0 Å². The topological polar surface area (TPSA) is 46.6 Å². The fourth-order valence-electron chi connectivity index (χ4n) is 4.08. The highest BCUT2D eigenvalue weighted by atomic mass is 19.4. The van der Waals surface area contributed by atoms with Gasteiger partial charge in [0.25, 0.3) is 5.91 Å². The molecule has 0 saturated heterocycles. The molecule has 1 aliphatic heterocycles. The van der Waals surface area contributed by atoms with Crippen LogP contribution >= 0.6 is 0 Å². The van der Waals surface area contributed by atoms with Crippen molar-refractivity contribution in [3.05, 3.63) is 77.4 Å². The summed E-state index contributed by atoms with van der Waals surface area (Å²) in [6.45, 7) is 10.2.